The van der Waals surface area contributed by atoms with Crippen LogP contribution in [0.1, 0.15) is 19.4 Å². The zero-order chi connectivity index (χ0) is 12.8. The van der Waals surface area contributed by atoms with Gasteiger partial charge in [-0.1, -0.05) is 31.2 Å². The highest BCUT2D eigenvalue weighted by molar-refractivity contribution is 5.81. The summed E-state index contributed by atoms with van der Waals surface area (Å²) in [6.45, 7) is 7.19. The van der Waals surface area contributed by atoms with E-state index < -0.39 is 0 Å². The molecule has 1 atom stereocenters. The van der Waals surface area contributed by atoms with Crippen LogP contribution in [0, 0.1) is 0 Å². The lowest BCUT2D eigenvalue weighted by atomic mass is 10.1. The van der Waals surface area contributed by atoms with Crippen molar-refractivity contribution in [3.8, 4) is 0 Å². The summed E-state index contributed by atoms with van der Waals surface area (Å²) < 4.78 is 0. The van der Waals surface area contributed by atoms with E-state index in [9.17, 15) is 0 Å². The number of hydrogen-bond donors (Lipinski definition) is 2. The summed E-state index contributed by atoms with van der Waals surface area (Å²) in [6.07, 6.45) is 1.86. The number of para-hydroxylation sites is 1. The Hall–Kier alpha value is -1.45. The first-order chi connectivity index (χ1) is 8.81. The van der Waals surface area contributed by atoms with Gasteiger partial charge in [-0.25, -0.2) is 0 Å². The van der Waals surface area contributed by atoms with E-state index in [1.165, 1.54) is 10.9 Å². The Morgan fingerprint density at radius 3 is 2.89 bits per heavy atom. The van der Waals surface area contributed by atoms with Gasteiger partial charge in [0, 0.05) is 30.7 Å². The van der Waals surface area contributed by atoms with Crippen molar-refractivity contribution in [3.05, 3.63) is 42.1 Å². The second-order valence-corrected chi connectivity index (χ2v) is 4.58. The van der Waals surface area contributed by atoms with Crippen LogP contribution in [0.3, 0.4) is 0 Å². The van der Waals surface area contributed by atoms with Gasteiger partial charge in [0.15, 0.2) is 0 Å². The number of nitrogens with one attached hydrogen (secondary N) is 2. The van der Waals surface area contributed by atoms with Crippen molar-refractivity contribution >= 4 is 10.9 Å². The molecule has 96 valence electrons. The smallest absolute Gasteiger partial charge is 0.0746 e. The molecular formula is C15H21N3. The zero-order valence-corrected chi connectivity index (χ0v) is 11.1. The van der Waals surface area contributed by atoms with E-state index in [0.717, 1.165) is 25.2 Å². The normalized spacial score (nSPS) is 12.8. The fraction of sp³-hybridized carbons (Fsp3) is 0.400. The van der Waals surface area contributed by atoms with Gasteiger partial charge in [0.05, 0.1) is 5.52 Å². The molecule has 0 amide bonds. The molecule has 3 nitrogen and oxygen atoms in total. The van der Waals surface area contributed by atoms with Gasteiger partial charge in [0.1, 0.15) is 0 Å². The lowest BCUT2D eigenvalue weighted by Gasteiger charge is -2.14. The lowest BCUT2D eigenvalue weighted by molar-refractivity contribution is 0.510. The van der Waals surface area contributed by atoms with Crippen LogP contribution >= 0.6 is 0 Å². The number of likely N-dealkylation sites (N-methyl/N-ethyl adjacent to an activating group) is 1. The third-order valence-electron chi connectivity index (χ3n) is 3.06. The van der Waals surface area contributed by atoms with Crippen LogP contribution in [0.15, 0.2) is 36.5 Å². The Labute approximate surface area is 109 Å². The molecule has 1 aromatic carbocycles. The summed E-state index contributed by atoms with van der Waals surface area (Å²) in [6, 6.07) is 10.9. The molecule has 0 spiro atoms. The standard InChI is InChI=1S/C15H21N3/c1-3-16-10-12(2)18-11-14-7-4-6-13-8-5-9-17-15(13)14/h4-9,12,16,18H,3,10-11H2,1-2H3. The number of rotatable bonds is 6. The van der Waals surface area contributed by atoms with Gasteiger partial charge in [-0.2, -0.15) is 0 Å². The minimum atomic E-state index is 0.462. The molecule has 0 saturated carbocycles. The van der Waals surface area contributed by atoms with Crippen LogP contribution in [-0.4, -0.2) is 24.1 Å². The van der Waals surface area contributed by atoms with Crippen LogP contribution in [0.5, 0.6) is 0 Å². The summed E-state index contributed by atoms with van der Waals surface area (Å²) in [4.78, 5) is 4.47. The van der Waals surface area contributed by atoms with Gasteiger partial charge in [-0.15, -0.1) is 0 Å². The molecule has 1 heterocycles. The SMILES string of the molecule is CCNCC(C)NCc1cccc2cccnc12. The van der Waals surface area contributed by atoms with Crippen molar-refractivity contribution < 1.29 is 0 Å². The molecule has 0 bridgehead atoms. The molecule has 18 heavy (non-hydrogen) atoms. The van der Waals surface area contributed by atoms with Crippen LogP contribution in [0.25, 0.3) is 10.9 Å². The van der Waals surface area contributed by atoms with E-state index in [4.69, 9.17) is 0 Å². The molecule has 0 saturated heterocycles. The number of fused-ring (bicyclic) bond motifs is 1. The molecule has 0 aliphatic heterocycles. The summed E-state index contributed by atoms with van der Waals surface area (Å²) in [5.74, 6) is 0. The number of aromatic nitrogens is 1. The fourth-order valence-electron chi connectivity index (χ4n) is 2.03. The molecule has 2 aromatic rings. The van der Waals surface area contributed by atoms with E-state index in [1.54, 1.807) is 0 Å². The van der Waals surface area contributed by atoms with Crippen molar-refractivity contribution in [1.29, 1.82) is 0 Å². The summed E-state index contributed by atoms with van der Waals surface area (Å²) >= 11 is 0. The third kappa shape index (κ3) is 3.28. The second kappa shape index (κ2) is 6.47. The molecule has 0 fully saturated rings. The van der Waals surface area contributed by atoms with Gasteiger partial charge >= 0.3 is 0 Å². The van der Waals surface area contributed by atoms with Gasteiger partial charge in [0.25, 0.3) is 0 Å². The molecule has 2 rings (SSSR count). The molecular weight excluding hydrogens is 222 g/mol. The monoisotopic (exact) mass is 243 g/mol. The van der Waals surface area contributed by atoms with Gasteiger partial charge in [0.2, 0.25) is 0 Å². The number of pyridine rings is 1. The van der Waals surface area contributed by atoms with E-state index >= 15 is 0 Å². The predicted molar refractivity (Wildman–Crippen MR) is 76.6 cm³/mol. The fourth-order valence-corrected chi connectivity index (χ4v) is 2.03. The van der Waals surface area contributed by atoms with Gasteiger partial charge < -0.3 is 10.6 Å². The van der Waals surface area contributed by atoms with Gasteiger partial charge in [-0.3, -0.25) is 4.98 Å². The molecule has 0 radical (unpaired) electrons. The Morgan fingerprint density at radius 1 is 1.22 bits per heavy atom. The van der Waals surface area contributed by atoms with E-state index in [-0.39, 0.29) is 0 Å². The number of nitrogens with zero attached hydrogens (tertiary/aromatic N) is 1. The van der Waals surface area contributed by atoms with Crippen LogP contribution in [0.2, 0.25) is 0 Å². The highest BCUT2D eigenvalue weighted by atomic mass is 15.0. The second-order valence-electron chi connectivity index (χ2n) is 4.58. The van der Waals surface area contributed by atoms with Crippen molar-refractivity contribution in [2.45, 2.75) is 26.4 Å². The first-order valence-electron chi connectivity index (χ1n) is 6.58. The zero-order valence-electron chi connectivity index (χ0n) is 11.1. The topological polar surface area (TPSA) is 37.0 Å². The Bertz CT molecular complexity index is 491. The minimum Gasteiger partial charge on any atom is -0.315 e. The molecule has 0 aliphatic carbocycles. The van der Waals surface area contributed by atoms with Crippen LogP contribution in [0.4, 0.5) is 0 Å². The number of hydrogen-bond acceptors (Lipinski definition) is 3. The van der Waals surface area contributed by atoms with Crippen molar-refractivity contribution in [3.63, 3.8) is 0 Å². The molecule has 1 unspecified atom stereocenters. The van der Waals surface area contributed by atoms with Crippen LogP contribution in [-0.2, 0) is 6.54 Å². The highest BCUT2D eigenvalue weighted by Gasteiger charge is 2.04. The summed E-state index contributed by atoms with van der Waals surface area (Å²) in [5.41, 5.74) is 2.36. The largest absolute Gasteiger partial charge is 0.315 e. The minimum absolute atomic E-state index is 0.462. The highest BCUT2D eigenvalue weighted by Crippen LogP contribution is 2.15. The molecule has 1 aromatic heterocycles. The van der Waals surface area contributed by atoms with E-state index in [1.807, 2.05) is 12.3 Å². The Kier molecular flexibility index (Phi) is 4.67. The van der Waals surface area contributed by atoms with E-state index in [0.29, 0.717) is 6.04 Å². The molecule has 0 aliphatic rings. The maximum atomic E-state index is 4.47. The number of benzene rings is 1. The van der Waals surface area contributed by atoms with Gasteiger partial charge in [-0.05, 0) is 25.1 Å². The average Bonchev–Trinajstić information content (AvgIpc) is 2.42. The first-order valence-corrected chi connectivity index (χ1v) is 6.58. The van der Waals surface area contributed by atoms with Crippen molar-refractivity contribution in [2.24, 2.45) is 0 Å². The third-order valence-corrected chi connectivity index (χ3v) is 3.06. The summed E-state index contributed by atoms with van der Waals surface area (Å²) in [5, 5.41) is 8.07. The maximum Gasteiger partial charge on any atom is 0.0746 e. The lowest BCUT2D eigenvalue weighted by Crippen LogP contribution is -2.35. The average molecular weight is 243 g/mol. The quantitative estimate of drug-likeness (QED) is 0.817. The predicted octanol–water partition coefficient (Wildman–Crippen LogP) is 2.32. The molecule has 3 heteroatoms. The van der Waals surface area contributed by atoms with Crippen LogP contribution < -0.4 is 10.6 Å². The Balaban J connectivity index is 2.03. The maximum absolute atomic E-state index is 4.47. The first kappa shape index (κ1) is 13.0. The van der Waals surface area contributed by atoms with Crippen molar-refractivity contribution in [2.75, 3.05) is 13.1 Å². The molecule has 2 N–H and O–H groups in total. The Morgan fingerprint density at radius 2 is 2.06 bits per heavy atom. The summed E-state index contributed by atoms with van der Waals surface area (Å²) in [7, 11) is 0. The van der Waals surface area contributed by atoms with E-state index in [2.05, 4.69) is 53.7 Å². The van der Waals surface area contributed by atoms with Crippen molar-refractivity contribution in [1.82, 2.24) is 15.6 Å².